The molecule has 2 rings (SSSR count). The van der Waals surface area contributed by atoms with E-state index < -0.39 is 11.5 Å². The van der Waals surface area contributed by atoms with E-state index >= 15 is 0 Å². The van der Waals surface area contributed by atoms with Crippen LogP contribution in [0.3, 0.4) is 0 Å². The van der Waals surface area contributed by atoms with E-state index in [2.05, 4.69) is 37.4 Å². The van der Waals surface area contributed by atoms with Crippen LogP contribution in [0.4, 0.5) is 0 Å². The zero-order valence-corrected chi connectivity index (χ0v) is 13.3. The van der Waals surface area contributed by atoms with Gasteiger partial charge in [0, 0.05) is 17.1 Å². The molecule has 0 aromatic heterocycles. The Bertz CT molecular complexity index is 552. The summed E-state index contributed by atoms with van der Waals surface area (Å²) < 4.78 is 0. The van der Waals surface area contributed by atoms with Crippen LogP contribution in [0.5, 0.6) is 0 Å². The Labute approximate surface area is 129 Å². The average Bonchev–Trinajstić information content (AvgIpc) is 2.37. The van der Waals surface area contributed by atoms with Crippen LogP contribution in [0.25, 0.3) is 0 Å². The monoisotopic (exact) mass is 307 g/mol. The van der Waals surface area contributed by atoms with Crippen LogP contribution in [0.2, 0.25) is 0 Å². The van der Waals surface area contributed by atoms with Crippen LogP contribution in [-0.4, -0.2) is 28.3 Å². The summed E-state index contributed by atoms with van der Waals surface area (Å²) in [5.74, 6) is -0.429. The minimum Gasteiger partial charge on any atom is -0.480 e. The predicted molar refractivity (Wildman–Crippen MR) is 83.6 cm³/mol. The first-order chi connectivity index (χ1) is 9.93. The molecule has 1 aliphatic rings. The molecule has 114 valence electrons. The third-order valence-electron chi connectivity index (χ3n) is 4.07. The van der Waals surface area contributed by atoms with Crippen LogP contribution in [0, 0.1) is 13.8 Å². The molecule has 1 aromatic rings. The van der Waals surface area contributed by atoms with Gasteiger partial charge in [-0.1, -0.05) is 6.07 Å². The van der Waals surface area contributed by atoms with Gasteiger partial charge >= 0.3 is 5.97 Å². The lowest BCUT2D eigenvalue weighted by Gasteiger charge is -2.38. The zero-order chi connectivity index (χ0) is 15.5. The second-order valence-corrected chi connectivity index (χ2v) is 6.80. The molecule has 0 unspecified atom stereocenters. The molecule has 1 aromatic carbocycles. The molecule has 0 saturated heterocycles. The van der Waals surface area contributed by atoms with Crippen molar-refractivity contribution < 1.29 is 14.7 Å². The Morgan fingerprint density at radius 2 is 2.00 bits per heavy atom. The van der Waals surface area contributed by atoms with Gasteiger partial charge in [0.2, 0.25) is 5.91 Å². The fourth-order valence-corrected chi connectivity index (χ4v) is 3.26. The number of benzene rings is 1. The second kappa shape index (κ2) is 6.52. The van der Waals surface area contributed by atoms with Crippen LogP contribution >= 0.6 is 11.8 Å². The average molecular weight is 307 g/mol. The number of hydrogen-bond donors (Lipinski definition) is 2. The van der Waals surface area contributed by atoms with Crippen molar-refractivity contribution in [2.45, 2.75) is 50.0 Å². The molecule has 1 fully saturated rings. The first-order valence-corrected chi connectivity index (χ1v) is 8.16. The van der Waals surface area contributed by atoms with Crippen molar-refractivity contribution in [1.82, 2.24) is 5.32 Å². The third kappa shape index (κ3) is 3.79. The van der Waals surface area contributed by atoms with Crippen molar-refractivity contribution in [2.24, 2.45) is 0 Å². The van der Waals surface area contributed by atoms with Crippen molar-refractivity contribution in [3.63, 3.8) is 0 Å². The maximum atomic E-state index is 11.9. The fraction of sp³-hybridized carbons (Fsp3) is 0.500. The molecule has 5 heteroatoms. The molecular formula is C16H21NO3S. The van der Waals surface area contributed by atoms with Gasteiger partial charge in [-0.05, 0) is 56.4 Å². The lowest BCUT2D eigenvalue weighted by Crippen LogP contribution is -2.59. The summed E-state index contributed by atoms with van der Waals surface area (Å²) in [6, 6.07) is 6.24. The number of aryl methyl sites for hydroxylation is 2. The summed E-state index contributed by atoms with van der Waals surface area (Å²) in [7, 11) is 0. The minimum atomic E-state index is -0.998. The summed E-state index contributed by atoms with van der Waals surface area (Å²) in [5.41, 5.74) is 1.50. The molecule has 1 saturated carbocycles. The predicted octanol–water partition coefficient (Wildman–Crippen LogP) is 2.91. The highest BCUT2D eigenvalue weighted by molar-refractivity contribution is 7.99. The second-order valence-electron chi connectivity index (χ2n) is 5.63. The van der Waals surface area contributed by atoms with Crippen molar-refractivity contribution in [3.8, 4) is 0 Å². The topological polar surface area (TPSA) is 66.4 Å². The number of carboxylic acid groups (broad SMARTS) is 1. The number of aliphatic carboxylic acids is 1. The number of carbonyl (C=O) groups is 2. The SMILES string of the molecule is Cc1ccc(SCCC(=O)NC2(C(=O)O)CCC2)cc1C. The van der Waals surface area contributed by atoms with Gasteiger partial charge in [-0.2, -0.15) is 0 Å². The minimum absolute atomic E-state index is 0.173. The lowest BCUT2D eigenvalue weighted by atomic mass is 9.76. The van der Waals surface area contributed by atoms with Crippen molar-refractivity contribution in [3.05, 3.63) is 29.3 Å². The van der Waals surface area contributed by atoms with Gasteiger partial charge in [-0.3, -0.25) is 4.79 Å². The normalized spacial score (nSPS) is 16.1. The summed E-state index contributed by atoms with van der Waals surface area (Å²) in [5, 5.41) is 11.9. The summed E-state index contributed by atoms with van der Waals surface area (Å²) in [4.78, 5) is 24.2. The molecule has 4 nitrogen and oxygen atoms in total. The van der Waals surface area contributed by atoms with E-state index in [1.165, 1.54) is 11.1 Å². The highest BCUT2D eigenvalue weighted by atomic mass is 32.2. The van der Waals surface area contributed by atoms with Gasteiger partial charge in [-0.15, -0.1) is 11.8 Å². The van der Waals surface area contributed by atoms with Crippen LogP contribution in [-0.2, 0) is 9.59 Å². The molecule has 0 bridgehead atoms. The number of hydrogen-bond acceptors (Lipinski definition) is 3. The van der Waals surface area contributed by atoms with E-state index in [-0.39, 0.29) is 5.91 Å². The summed E-state index contributed by atoms with van der Waals surface area (Å²) >= 11 is 1.62. The molecule has 0 spiro atoms. The van der Waals surface area contributed by atoms with Crippen LogP contribution in [0.1, 0.15) is 36.8 Å². The van der Waals surface area contributed by atoms with E-state index in [4.69, 9.17) is 0 Å². The largest absolute Gasteiger partial charge is 0.480 e. The first-order valence-electron chi connectivity index (χ1n) is 7.17. The maximum absolute atomic E-state index is 11.9. The Morgan fingerprint density at radius 3 is 2.52 bits per heavy atom. The van der Waals surface area contributed by atoms with E-state index in [0.29, 0.717) is 25.0 Å². The van der Waals surface area contributed by atoms with Crippen molar-refractivity contribution >= 4 is 23.6 Å². The summed E-state index contributed by atoms with van der Waals surface area (Å²) in [6.45, 7) is 4.14. The standard InChI is InChI=1S/C16H21NO3S/c1-11-4-5-13(10-12(11)2)21-9-6-14(18)17-16(15(19)20)7-3-8-16/h4-5,10H,3,6-9H2,1-2H3,(H,17,18)(H,19,20). The fourth-order valence-electron chi connectivity index (χ4n) is 2.32. The van der Waals surface area contributed by atoms with Gasteiger partial charge in [0.05, 0.1) is 0 Å². The Kier molecular flexibility index (Phi) is 4.93. The molecule has 0 aliphatic heterocycles. The Hall–Kier alpha value is -1.49. The van der Waals surface area contributed by atoms with Gasteiger partial charge < -0.3 is 10.4 Å². The molecule has 2 N–H and O–H groups in total. The van der Waals surface area contributed by atoms with E-state index in [1.807, 2.05) is 0 Å². The van der Waals surface area contributed by atoms with Crippen LogP contribution in [0.15, 0.2) is 23.1 Å². The molecule has 1 amide bonds. The van der Waals surface area contributed by atoms with Crippen LogP contribution < -0.4 is 5.32 Å². The molecule has 0 radical (unpaired) electrons. The Balaban J connectivity index is 1.79. The molecule has 1 aliphatic carbocycles. The number of amides is 1. The number of rotatable bonds is 6. The number of thioether (sulfide) groups is 1. The van der Waals surface area contributed by atoms with Crippen molar-refractivity contribution in [1.29, 1.82) is 0 Å². The van der Waals surface area contributed by atoms with Gasteiger partial charge in [0.15, 0.2) is 0 Å². The van der Waals surface area contributed by atoms with Gasteiger partial charge in [0.25, 0.3) is 0 Å². The maximum Gasteiger partial charge on any atom is 0.329 e. The van der Waals surface area contributed by atoms with Crippen molar-refractivity contribution in [2.75, 3.05) is 5.75 Å². The zero-order valence-electron chi connectivity index (χ0n) is 12.4. The highest BCUT2D eigenvalue weighted by Gasteiger charge is 2.45. The van der Waals surface area contributed by atoms with Gasteiger partial charge in [0.1, 0.15) is 5.54 Å². The number of nitrogens with one attached hydrogen (secondary N) is 1. The smallest absolute Gasteiger partial charge is 0.329 e. The molecule has 0 heterocycles. The summed E-state index contributed by atoms with van der Waals surface area (Å²) in [6.07, 6.45) is 2.29. The number of carbonyl (C=O) groups excluding carboxylic acids is 1. The Morgan fingerprint density at radius 1 is 1.29 bits per heavy atom. The van der Waals surface area contributed by atoms with E-state index in [9.17, 15) is 14.7 Å². The quantitative estimate of drug-likeness (QED) is 0.793. The van der Waals surface area contributed by atoms with E-state index in [1.54, 1.807) is 11.8 Å². The third-order valence-corrected chi connectivity index (χ3v) is 5.07. The number of carboxylic acids is 1. The lowest BCUT2D eigenvalue weighted by molar-refractivity contribution is -0.151. The first kappa shape index (κ1) is 15.9. The highest BCUT2D eigenvalue weighted by Crippen LogP contribution is 2.32. The van der Waals surface area contributed by atoms with E-state index in [0.717, 1.165) is 11.3 Å². The molecule has 21 heavy (non-hydrogen) atoms. The molecule has 0 atom stereocenters. The molecular weight excluding hydrogens is 286 g/mol. The van der Waals surface area contributed by atoms with Gasteiger partial charge in [-0.25, -0.2) is 4.79 Å².